The van der Waals surface area contributed by atoms with E-state index < -0.39 is 92.7 Å². The van der Waals surface area contributed by atoms with Crippen molar-refractivity contribution in [3.8, 4) is 0 Å². The van der Waals surface area contributed by atoms with Crippen LogP contribution >= 0.6 is 0 Å². The van der Waals surface area contributed by atoms with Crippen LogP contribution in [0.4, 0.5) is 11.4 Å². The summed E-state index contributed by atoms with van der Waals surface area (Å²) in [5, 5.41) is 9.31. The summed E-state index contributed by atoms with van der Waals surface area (Å²) < 4.78 is 212. The average molecular weight is 1290 g/mol. The highest BCUT2D eigenvalue weighted by atomic mass is 32.2. The zero-order valence-electron chi connectivity index (χ0n) is 47.4. The van der Waals surface area contributed by atoms with E-state index in [-0.39, 0.29) is 93.4 Å². The fraction of sp³-hybridized carbons (Fsp3) is 0.491. The molecule has 0 radical (unpaired) electrons. The first-order valence-electron chi connectivity index (χ1n) is 27.0. The number of allylic oxidation sites excluding steroid dienone is 6. The van der Waals surface area contributed by atoms with E-state index in [2.05, 4.69) is 0 Å². The highest BCUT2D eigenvalue weighted by Crippen LogP contribution is 2.54. The molecule has 6 N–H and O–H groups in total. The molecule has 0 aliphatic carbocycles. The third-order valence-electron chi connectivity index (χ3n) is 14.7. The molecule has 2 atom stereocenters. The predicted molar refractivity (Wildman–Crippen MR) is 313 cm³/mol. The number of fused-ring (bicyclic) bond motifs is 6. The third kappa shape index (κ3) is 17.6. The number of hydrogen-bond donors (Lipinski definition) is 6. The number of unbranched alkanes of at least 4 members (excludes halogenated alkanes) is 2. The minimum Gasteiger partial charge on any atom is -0.481 e. The van der Waals surface area contributed by atoms with Gasteiger partial charge in [-0.05, 0) is 112 Å². The van der Waals surface area contributed by atoms with Crippen LogP contribution < -0.4 is 4.90 Å². The first kappa shape index (κ1) is 69.0. The molecule has 2 unspecified atom stereocenters. The van der Waals surface area contributed by atoms with Crippen molar-refractivity contribution in [2.24, 2.45) is 0 Å². The van der Waals surface area contributed by atoms with E-state index in [1.165, 1.54) is 12.1 Å². The zero-order chi connectivity index (χ0) is 62.6. The Bertz CT molecular complexity index is 3810. The molecule has 2 aliphatic heterocycles. The van der Waals surface area contributed by atoms with E-state index in [0.717, 1.165) is 12.1 Å². The maximum atomic E-state index is 12.9. The monoisotopic (exact) mass is 1290 g/mol. The van der Waals surface area contributed by atoms with Crippen molar-refractivity contribution >= 4 is 95.2 Å². The van der Waals surface area contributed by atoms with Gasteiger partial charge in [0.1, 0.15) is 16.3 Å². The molecule has 2 aliphatic rings. The molecule has 6 rings (SSSR count). The highest BCUT2D eigenvalue weighted by Gasteiger charge is 2.49. The average Bonchev–Trinajstić information content (AvgIpc) is 1.64. The Balaban J connectivity index is 1.39. The molecule has 85 heavy (non-hydrogen) atoms. The number of carboxylic acid groups (broad SMARTS) is 1. The Morgan fingerprint density at radius 3 is 1.55 bits per heavy atom. The van der Waals surface area contributed by atoms with Crippen LogP contribution in [0.5, 0.6) is 0 Å². The van der Waals surface area contributed by atoms with E-state index in [1.807, 2.05) is 16.4 Å². The number of nitrogens with zero attached hydrogens (tertiary/aromatic N) is 2. The van der Waals surface area contributed by atoms with Crippen molar-refractivity contribution in [1.82, 2.24) is 0 Å². The van der Waals surface area contributed by atoms with Crippen LogP contribution in [0, 0.1) is 0 Å². The quantitative estimate of drug-likeness (QED) is 0.0121. The third-order valence-corrected chi connectivity index (χ3v) is 19.0. The summed E-state index contributed by atoms with van der Waals surface area (Å²) in [7, 11) is -23.3. The molecular formula is C55H73N2O23S5+. The Morgan fingerprint density at radius 1 is 0.565 bits per heavy atom. The number of benzene rings is 4. The Labute approximate surface area is 495 Å². The van der Waals surface area contributed by atoms with E-state index >= 15 is 0 Å². The predicted octanol–water partition coefficient (Wildman–Crippen LogP) is 6.56. The van der Waals surface area contributed by atoms with Gasteiger partial charge in [0.2, 0.25) is 5.69 Å². The minimum absolute atomic E-state index is 0.00987. The largest absolute Gasteiger partial charge is 0.481 e. The number of carbonyl (C=O) groups is 1. The van der Waals surface area contributed by atoms with Gasteiger partial charge in [-0.1, -0.05) is 30.7 Å². The number of ether oxygens (including phenoxy) is 6. The number of carboxylic acids is 1. The molecule has 470 valence electrons. The molecule has 2 heterocycles. The first-order chi connectivity index (χ1) is 39.9. The Hall–Kier alpha value is -5.13. The summed E-state index contributed by atoms with van der Waals surface area (Å²) in [6.45, 7) is 9.29. The summed E-state index contributed by atoms with van der Waals surface area (Å²) in [5.74, 6) is -1.65. The second-order valence-corrected chi connectivity index (χ2v) is 27.7. The molecule has 25 nitrogen and oxygen atoms in total. The number of hydrogen-bond acceptors (Lipinski definition) is 18. The lowest BCUT2D eigenvalue weighted by Crippen LogP contribution is -2.32. The van der Waals surface area contributed by atoms with Crippen LogP contribution in [0.3, 0.4) is 0 Å². The molecule has 0 amide bonds. The van der Waals surface area contributed by atoms with E-state index in [9.17, 15) is 74.8 Å². The van der Waals surface area contributed by atoms with Gasteiger partial charge in [0.25, 0.3) is 50.6 Å². The Kier molecular flexibility index (Phi) is 23.7. The topological polar surface area (TPSA) is 371 Å². The number of anilines is 1. The zero-order valence-corrected chi connectivity index (χ0v) is 51.5. The van der Waals surface area contributed by atoms with Crippen LogP contribution in [0.15, 0.2) is 104 Å². The second kappa shape index (κ2) is 29.2. The molecule has 0 saturated heterocycles. The lowest BCUT2D eigenvalue weighted by atomic mass is 9.74. The van der Waals surface area contributed by atoms with Crippen LogP contribution in [-0.4, -0.2) is 185 Å². The van der Waals surface area contributed by atoms with Crippen LogP contribution in [0.25, 0.3) is 21.5 Å². The maximum absolute atomic E-state index is 12.9. The highest BCUT2D eigenvalue weighted by molar-refractivity contribution is 7.87. The van der Waals surface area contributed by atoms with Crippen molar-refractivity contribution in [3.63, 3.8) is 0 Å². The van der Waals surface area contributed by atoms with Gasteiger partial charge in [0.15, 0.2) is 5.71 Å². The molecule has 4 aromatic rings. The summed E-state index contributed by atoms with van der Waals surface area (Å²) in [6, 6.07) is 9.46. The fourth-order valence-electron chi connectivity index (χ4n) is 10.9. The normalized spacial score (nSPS) is 18.3. The smallest absolute Gasteiger partial charge is 0.303 e. The maximum Gasteiger partial charge on any atom is 0.303 e. The van der Waals surface area contributed by atoms with Crippen molar-refractivity contribution in [2.45, 2.75) is 96.1 Å². The van der Waals surface area contributed by atoms with E-state index in [0.29, 0.717) is 105 Å². The number of rotatable bonds is 36. The molecule has 0 fully saturated rings. The fourth-order valence-corrected chi connectivity index (χ4v) is 14.1. The summed E-state index contributed by atoms with van der Waals surface area (Å²) >= 11 is 0. The van der Waals surface area contributed by atoms with Crippen LogP contribution in [-0.2, 0) is 94.6 Å². The van der Waals surface area contributed by atoms with Crippen LogP contribution in [0.1, 0.15) is 76.8 Å². The lowest BCUT2D eigenvalue weighted by Gasteiger charge is -2.31. The van der Waals surface area contributed by atoms with E-state index in [1.54, 1.807) is 63.5 Å². The van der Waals surface area contributed by atoms with Crippen molar-refractivity contribution < 1.29 is 108 Å². The van der Waals surface area contributed by atoms with Crippen molar-refractivity contribution in [2.75, 3.05) is 104 Å². The van der Waals surface area contributed by atoms with E-state index in [4.69, 9.17) is 28.4 Å². The number of aliphatic carboxylic acids is 1. The molecule has 0 aromatic heterocycles. The van der Waals surface area contributed by atoms with Gasteiger partial charge in [-0.25, -0.2) is 0 Å². The summed E-state index contributed by atoms with van der Waals surface area (Å²) in [4.78, 5) is 10.2. The van der Waals surface area contributed by atoms with Gasteiger partial charge in [0.05, 0.1) is 87.0 Å². The summed E-state index contributed by atoms with van der Waals surface area (Å²) in [5.41, 5.74) is 0.364. The SMILES string of the molecule is CC[N+]1=C(/C=C/C=C/C=C2/N(CCCCCC(=O)O)c3ccc4c(S(=O)(=O)O)cc(S(=O)(=O)O)cc4c3C2(C)CCOCCOCCOCCOCCOCCOC)C(C)(CCCS(=O)(=O)O)c2c1ccc1c(S(=O)(=O)O)cc(S(=O)(=O)O)cc21. The van der Waals surface area contributed by atoms with Crippen molar-refractivity contribution in [1.29, 1.82) is 0 Å². The molecule has 0 saturated carbocycles. The standard InChI is InChI=1S/C55H72N2O23S5/c1-5-56-45-18-16-41-43(35-39(82(63,64)65)37-47(41)84(69,70)71)52(45)54(2,20-12-34-81(60,61)62)49(56)13-8-6-9-14-50-55(3,21-23-76-26-27-78-30-31-80-33-32-79-29-28-77-25-24-75-4)53-44-36-40(83(66,67)68)38-48(85(72,73)74)42(44)17-19-46(53)57(50)22-11-7-10-15-51(58)59/h6,8-9,13-14,16-19,35-38H,5,7,10-12,15,20-34H2,1-4H3,(H5-,58,59,60,61,62,63,64,65,66,67,68,69,70,71,72,73,74)/p+1. The number of methoxy groups -OCH3 is 1. The van der Waals surface area contributed by atoms with Crippen molar-refractivity contribution in [3.05, 3.63) is 95.7 Å². The minimum atomic E-state index is -5.11. The summed E-state index contributed by atoms with van der Waals surface area (Å²) in [6.07, 6.45) is 9.67. The Morgan fingerprint density at radius 2 is 1.07 bits per heavy atom. The molecule has 30 heteroatoms. The van der Waals surface area contributed by atoms with Gasteiger partial charge in [-0.2, -0.15) is 46.7 Å². The van der Waals surface area contributed by atoms with Gasteiger partial charge in [-0.3, -0.25) is 27.6 Å². The van der Waals surface area contributed by atoms with Gasteiger partial charge >= 0.3 is 5.97 Å². The van der Waals surface area contributed by atoms with Gasteiger partial charge < -0.3 is 38.4 Å². The van der Waals surface area contributed by atoms with Gasteiger partial charge in [-0.15, -0.1) is 0 Å². The molecule has 4 aromatic carbocycles. The molecular weight excluding hydrogens is 1220 g/mol. The van der Waals surface area contributed by atoms with Gasteiger partial charge in [0, 0.05) is 72.0 Å². The first-order valence-corrected chi connectivity index (χ1v) is 34.4. The molecule has 0 spiro atoms. The lowest BCUT2D eigenvalue weighted by molar-refractivity contribution is -0.433. The molecule has 0 bridgehead atoms. The second-order valence-electron chi connectivity index (χ2n) is 20.5. The van der Waals surface area contributed by atoms with Crippen LogP contribution in [0.2, 0.25) is 0 Å².